The fourth-order valence-electron chi connectivity index (χ4n) is 2.29. The Bertz CT molecular complexity index is 236. The van der Waals surface area contributed by atoms with Crippen molar-refractivity contribution in [1.29, 1.82) is 5.26 Å². The van der Waals surface area contributed by atoms with Crippen LogP contribution < -0.4 is 0 Å². The highest BCUT2D eigenvalue weighted by Crippen LogP contribution is 2.42. The molecule has 0 bridgehead atoms. The Kier molecular flexibility index (Phi) is 3.94. The van der Waals surface area contributed by atoms with Gasteiger partial charge in [-0.3, -0.25) is 4.79 Å². The summed E-state index contributed by atoms with van der Waals surface area (Å²) in [4.78, 5) is 11.1. The number of hydrogen-bond donors (Lipinski definition) is 1. The van der Waals surface area contributed by atoms with E-state index < -0.39 is 11.4 Å². The Morgan fingerprint density at radius 2 is 2.00 bits per heavy atom. The van der Waals surface area contributed by atoms with Gasteiger partial charge in [0, 0.05) is 6.42 Å². The second kappa shape index (κ2) is 4.99. The van der Waals surface area contributed by atoms with Crippen LogP contribution in [0.5, 0.6) is 0 Å². The lowest BCUT2D eigenvalue weighted by Gasteiger charge is -2.23. The van der Waals surface area contributed by atoms with Crippen LogP contribution in [0.1, 0.15) is 51.4 Å². The van der Waals surface area contributed by atoms with E-state index in [0.717, 1.165) is 44.9 Å². The number of carbonyl (C=O) groups is 1. The summed E-state index contributed by atoms with van der Waals surface area (Å²) in [6, 6.07) is 2.09. The fourth-order valence-corrected chi connectivity index (χ4v) is 2.29. The van der Waals surface area contributed by atoms with Gasteiger partial charge in [-0.15, -0.1) is 0 Å². The maximum absolute atomic E-state index is 11.1. The van der Waals surface area contributed by atoms with E-state index in [0.29, 0.717) is 6.42 Å². The minimum absolute atomic E-state index is 0.449. The van der Waals surface area contributed by atoms with E-state index in [1.807, 2.05) is 0 Å². The molecular formula is C11H17NO2. The molecular weight excluding hydrogens is 178 g/mol. The standard InChI is InChI=1S/C11H17NO2/c12-9-5-1-2-6-11(10(13)14)7-3-4-8-11/h1-8H2,(H,13,14). The van der Waals surface area contributed by atoms with Crippen molar-refractivity contribution in [2.45, 2.75) is 51.4 Å². The first kappa shape index (κ1) is 11.0. The van der Waals surface area contributed by atoms with E-state index in [9.17, 15) is 4.79 Å². The molecule has 0 unspecified atom stereocenters. The minimum atomic E-state index is -0.632. The molecule has 0 aromatic carbocycles. The van der Waals surface area contributed by atoms with Crippen molar-refractivity contribution in [2.24, 2.45) is 5.41 Å². The minimum Gasteiger partial charge on any atom is -0.481 e. The van der Waals surface area contributed by atoms with Gasteiger partial charge >= 0.3 is 5.97 Å². The Hall–Kier alpha value is -1.04. The SMILES string of the molecule is N#CCCCCC1(C(=O)O)CCCC1. The van der Waals surface area contributed by atoms with Gasteiger partial charge in [-0.25, -0.2) is 0 Å². The van der Waals surface area contributed by atoms with Crippen LogP contribution >= 0.6 is 0 Å². The molecule has 3 nitrogen and oxygen atoms in total. The maximum Gasteiger partial charge on any atom is 0.309 e. The van der Waals surface area contributed by atoms with Gasteiger partial charge in [0.05, 0.1) is 11.5 Å². The summed E-state index contributed by atoms with van der Waals surface area (Å²) in [5, 5.41) is 17.5. The predicted octanol–water partition coefficient (Wildman–Crippen LogP) is 2.72. The van der Waals surface area contributed by atoms with Crippen LogP contribution in [-0.4, -0.2) is 11.1 Å². The zero-order chi connectivity index (χ0) is 10.4. The van der Waals surface area contributed by atoms with Crippen molar-refractivity contribution in [3.63, 3.8) is 0 Å². The lowest BCUT2D eigenvalue weighted by molar-refractivity contribution is -0.149. The Morgan fingerprint density at radius 1 is 1.36 bits per heavy atom. The summed E-state index contributed by atoms with van der Waals surface area (Å²) in [7, 11) is 0. The molecule has 78 valence electrons. The first-order valence-corrected chi connectivity index (χ1v) is 5.32. The number of carboxylic acid groups (broad SMARTS) is 1. The second-order valence-electron chi connectivity index (χ2n) is 4.16. The zero-order valence-electron chi connectivity index (χ0n) is 8.46. The van der Waals surface area contributed by atoms with Crippen molar-refractivity contribution in [1.82, 2.24) is 0 Å². The number of unbranched alkanes of at least 4 members (excludes halogenated alkanes) is 2. The molecule has 1 aliphatic carbocycles. The highest BCUT2D eigenvalue weighted by Gasteiger charge is 2.40. The monoisotopic (exact) mass is 195 g/mol. The Balaban J connectivity index is 2.37. The van der Waals surface area contributed by atoms with E-state index in [-0.39, 0.29) is 0 Å². The molecule has 1 N–H and O–H groups in total. The molecule has 0 aromatic heterocycles. The van der Waals surface area contributed by atoms with E-state index in [2.05, 4.69) is 6.07 Å². The van der Waals surface area contributed by atoms with Gasteiger partial charge < -0.3 is 5.11 Å². The first-order chi connectivity index (χ1) is 6.71. The number of rotatable bonds is 5. The van der Waals surface area contributed by atoms with Crippen LogP contribution in [0, 0.1) is 16.7 Å². The van der Waals surface area contributed by atoms with Crippen LogP contribution in [0.15, 0.2) is 0 Å². The molecule has 0 heterocycles. The number of hydrogen-bond acceptors (Lipinski definition) is 2. The zero-order valence-corrected chi connectivity index (χ0v) is 8.46. The third-order valence-corrected chi connectivity index (χ3v) is 3.21. The molecule has 0 aliphatic heterocycles. The summed E-state index contributed by atoms with van der Waals surface area (Å²) in [5.41, 5.74) is -0.449. The fraction of sp³-hybridized carbons (Fsp3) is 0.818. The van der Waals surface area contributed by atoms with Crippen LogP contribution in [0.25, 0.3) is 0 Å². The summed E-state index contributed by atoms with van der Waals surface area (Å²) in [6.45, 7) is 0. The summed E-state index contributed by atoms with van der Waals surface area (Å²) < 4.78 is 0. The number of carboxylic acids is 1. The maximum atomic E-state index is 11.1. The Labute approximate surface area is 84.7 Å². The first-order valence-electron chi connectivity index (χ1n) is 5.32. The van der Waals surface area contributed by atoms with Gasteiger partial charge in [0.15, 0.2) is 0 Å². The van der Waals surface area contributed by atoms with Gasteiger partial charge in [0.2, 0.25) is 0 Å². The van der Waals surface area contributed by atoms with Crippen LogP contribution in [-0.2, 0) is 4.79 Å². The van der Waals surface area contributed by atoms with Crippen LogP contribution in [0.3, 0.4) is 0 Å². The Morgan fingerprint density at radius 3 is 2.50 bits per heavy atom. The summed E-state index contributed by atoms with van der Waals surface area (Å²) in [6.07, 6.45) is 6.77. The van der Waals surface area contributed by atoms with Crippen molar-refractivity contribution in [3.8, 4) is 6.07 Å². The molecule has 1 rings (SSSR count). The number of aliphatic carboxylic acids is 1. The van der Waals surface area contributed by atoms with E-state index >= 15 is 0 Å². The molecule has 0 atom stereocenters. The van der Waals surface area contributed by atoms with Gasteiger partial charge in [-0.05, 0) is 25.7 Å². The van der Waals surface area contributed by atoms with E-state index in [1.54, 1.807) is 0 Å². The van der Waals surface area contributed by atoms with Crippen LogP contribution in [0.2, 0.25) is 0 Å². The molecule has 0 radical (unpaired) electrons. The molecule has 0 amide bonds. The van der Waals surface area contributed by atoms with Gasteiger partial charge in [0.25, 0.3) is 0 Å². The third kappa shape index (κ3) is 2.47. The second-order valence-corrected chi connectivity index (χ2v) is 4.16. The lowest BCUT2D eigenvalue weighted by atomic mass is 9.81. The molecule has 0 saturated heterocycles. The average molecular weight is 195 g/mol. The molecule has 0 aromatic rings. The highest BCUT2D eigenvalue weighted by molar-refractivity contribution is 5.74. The van der Waals surface area contributed by atoms with E-state index in [4.69, 9.17) is 10.4 Å². The molecule has 0 spiro atoms. The molecule has 1 aliphatic rings. The molecule has 3 heteroatoms. The van der Waals surface area contributed by atoms with Gasteiger partial charge in [-0.1, -0.05) is 19.3 Å². The molecule has 1 saturated carbocycles. The largest absolute Gasteiger partial charge is 0.481 e. The van der Waals surface area contributed by atoms with E-state index in [1.165, 1.54) is 0 Å². The van der Waals surface area contributed by atoms with Crippen LogP contribution in [0.4, 0.5) is 0 Å². The number of nitrogens with zero attached hydrogens (tertiary/aromatic N) is 1. The summed E-state index contributed by atoms with van der Waals surface area (Å²) >= 11 is 0. The number of nitriles is 1. The lowest BCUT2D eigenvalue weighted by Crippen LogP contribution is -2.27. The predicted molar refractivity (Wildman–Crippen MR) is 52.6 cm³/mol. The van der Waals surface area contributed by atoms with Crippen molar-refractivity contribution in [2.75, 3.05) is 0 Å². The van der Waals surface area contributed by atoms with Crippen molar-refractivity contribution in [3.05, 3.63) is 0 Å². The average Bonchev–Trinajstić information content (AvgIpc) is 2.62. The molecule has 1 fully saturated rings. The smallest absolute Gasteiger partial charge is 0.309 e. The van der Waals surface area contributed by atoms with Crippen molar-refractivity contribution < 1.29 is 9.90 Å². The quantitative estimate of drug-likeness (QED) is 0.686. The van der Waals surface area contributed by atoms with Crippen molar-refractivity contribution >= 4 is 5.97 Å². The normalized spacial score (nSPS) is 19.1. The summed E-state index contributed by atoms with van der Waals surface area (Å²) in [5.74, 6) is -0.632. The molecule has 14 heavy (non-hydrogen) atoms. The topological polar surface area (TPSA) is 61.1 Å². The third-order valence-electron chi connectivity index (χ3n) is 3.21. The highest BCUT2D eigenvalue weighted by atomic mass is 16.4. The van der Waals surface area contributed by atoms with Gasteiger partial charge in [0.1, 0.15) is 0 Å². The van der Waals surface area contributed by atoms with Gasteiger partial charge in [-0.2, -0.15) is 5.26 Å².